The van der Waals surface area contributed by atoms with Gasteiger partial charge >= 0.3 is 12.1 Å². The Balaban J connectivity index is 3.38. The highest BCUT2D eigenvalue weighted by molar-refractivity contribution is 7.78. The molecule has 10 heteroatoms. The van der Waals surface area contributed by atoms with Crippen LogP contribution in [0.3, 0.4) is 0 Å². The number of carbonyl (C=O) groups is 1. The van der Waals surface area contributed by atoms with Crippen LogP contribution in [-0.2, 0) is 11.0 Å². The van der Waals surface area contributed by atoms with Gasteiger partial charge in [0.25, 0.3) is 0 Å². The fraction of sp³-hybridized carbons (Fsp3) is 0.125. The van der Waals surface area contributed by atoms with Gasteiger partial charge in [0.2, 0.25) is 0 Å². The molecule has 18 heavy (non-hydrogen) atoms. The van der Waals surface area contributed by atoms with Gasteiger partial charge in [-0.05, 0) is 18.3 Å². The maximum absolute atomic E-state index is 12.6. The second-order valence-electron chi connectivity index (χ2n) is 2.74. The molecule has 6 nitrogen and oxygen atoms in total. The Hall–Kier alpha value is -2.19. The predicted octanol–water partition coefficient (Wildman–Crippen LogP) is 2.67. The molecule has 0 spiro atoms. The second kappa shape index (κ2) is 5.43. The van der Waals surface area contributed by atoms with Crippen molar-refractivity contribution in [1.29, 1.82) is 0 Å². The zero-order chi connectivity index (χ0) is 13.8. The third-order valence-corrected chi connectivity index (χ3v) is 1.76. The van der Waals surface area contributed by atoms with Gasteiger partial charge in [0.15, 0.2) is 11.0 Å². The van der Waals surface area contributed by atoms with Crippen molar-refractivity contribution < 1.29 is 22.8 Å². The summed E-state index contributed by atoms with van der Waals surface area (Å²) >= 11 is 4.22. The van der Waals surface area contributed by atoms with Crippen LogP contribution in [0.25, 0.3) is 0 Å². The van der Waals surface area contributed by atoms with Crippen molar-refractivity contribution in [3.8, 4) is 0 Å². The molecule has 94 valence electrons. The van der Waals surface area contributed by atoms with Gasteiger partial charge in [-0.2, -0.15) is 18.2 Å². The Bertz CT molecular complexity index is 540. The van der Waals surface area contributed by atoms with E-state index in [0.717, 1.165) is 6.20 Å². The van der Waals surface area contributed by atoms with Gasteiger partial charge in [0.05, 0.1) is 22.6 Å². The molecule has 0 unspecified atom stereocenters. The van der Waals surface area contributed by atoms with Gasteiger partial charge in [-0.25, -0.2) is 9.78 Å². The van der Waals surface area contributed by atoms with Gasteiger partial charge in [0, 0.05) is 0 Å². The SMILES string of the molecule is O=NOC(=O)c1ncc(N=C=S)cc1C(F)(F)F. The lowest BCUT2D eigenvalue weighted by atomic mass is 10.1. The highest BCUT2D eigenvalue weighted by Gasteiger charge is 2.37. The second-order valence-corrected chi connectivity index (χ2v) is 2.93. The summed E-state index contributed by atoms with van der Waals surface area (Å²) in [7, 11) is 0. The first kappa shape index (κ1) is 13.9. The summed E-state index contributed by atoms with van der Waals surface area (Å²) in [6, 6.07) is 0.522. The maximum atomic E-state index is 12.6. The van der Waals surface area contributed by atoms with Crippen LogP contribution in [0, 0.1) is 4.91 Å². The van der Waals surface area contributed by atoms with E-state index in [1.807, 2.05) is 5.16 Å². The lowest BCUT2D eigenvalue weighted by Crippen LogP contribution is -2.15. The average molecular weight is 277 g/mol. The largest absolute Gasteiger partial charge is 0.418 e. The van der Waals surface area contributed by atoms with Gasteiger partial charge in [-0.1, -0.05) is 0 Å². The molecule has 1 heterocycles. The number of hydrogen-bond acceptors (Lipinski definition) is 7. The van der Waals surface area contributed by atoms with Crippen LogP contribution in [0.4, 0.5) is 18.9 Å². The predicted molar refractivity (Wildman–Crippen MR) is 55.1 cm³/mol. The van der Waals surface area contributed by atoms with Crippen molar-refractivity contribution in [3.63, 3.8) is 0 Å². The number of isothiocyanates is 1. The molecule has 0 fully saturated rings. The van der Waals surface area contributed by atoms with Gasteiger partial charge in [-0.15, -0.1) is 4.91 Å². The van der Waals surface area contributed by atoms with Crippen molar-refractivity contribution in [2.24, 2.45) is 10.3 Å². The molecule has 0 radical (unpaired) electrons. The summed E-state index contributed by atoms with van der Waals surface area (Å²) in [5.74, 6) is -1.62. The zero-order valence-electron chi connectivity index (χ0n) is 8.26. The lowest BCUT2D eigenvalue weighted by molar-refractivity contribution is -0.138. The van der Waals surface area contributed by atoms with E-state index in [4.69, 9.17) is 0 Å². The highest BCUT2D eigenvalue weighted by Crippen LogP contribution is 2.33. The molecule has 0 N–H and O–H groups in total. The van der Waals surface area contributed by atoms with E-state index in [1.165, 1.54) is 0 Å². The standard InChI is InChI=1S/C8H2F3N3O3S/c9-8(10,11)5-1-4(13-3-18)2-12-6(5)7(15)17-14-16/h1-2H. The number of pyridine rings is 1. The molecule has 1 rings (SSSR count). The number of carbonyl (C=O) groups excluding carboxylic acids is 1. The minimum atomic E-state index is -4.88. The van der Waals surface area contributed by atoms with Crippen LogP contribution in [-0.4, -0.2) is 16.1 Å². The van der Waals surface area contributed by atoms with Crippen molar-refractivity contribution in [1.82, 2.24) is 4.98 Å². The van der Waals surface area contributed by atoms with Crippen molar-refractivity contribution in [3.05, 3.63) is 28.4 Å². The molecule has 1 aromatic rings. The molecule has 0 aliphatic carbocycles. The first-order chi connectivity index (χ1) is 8.40. The Kier molecular flexibility index (Phi) is 4.18. The number of nitrogens with zero attached hydrogens (tertiary/aromatic N) is 3. The summed E-state index contributed by atoms with van der Waals surface area (Å²) < 4.78 is 37.9. The number of rotatable bonds is 3. The van der Waals surface area contributed by atoms with E-state index in [1.54, 1.807) is 5.34 Å². The minimum absolute atomic E-state index is 0.243. The van der Waals surface area contributed by atoms with E-state index in [0.29, 0.717) is 6.07 Å². The van der Waals surface area contributed by atoms with Crippen LogP contribution in [0.2, 0.25) is 0 Å². The number of halogens is 3. The van der Waals surface area contributed by atoms with Crippen LogP contribution >= 0.6 is 12.2 Å². The molecular formula is C8H2F3N3O3S. The summed E-state index contributed by atoms with van der Waals surface area (Å²) in [5.41, 5.74) is -2.75. The molecule has 0 aromatic carbocycles. The smallest absolute Gasteiger partial charge is 0.277 e. The Morgan fingerprint density at radius 1 is 1.50 bits per heavy atom. The number of thiocarbonyl (C=S) groups is 1. The van der Waals surface area contributed by atoms with E-state index in [-0.39, 0.29) is 5.69 Å². The Labute approximate surface area is 102 Å². The van der Waals surface area contributed by atoms with Gasteiger partial charge in [0.1, 0.15) is 0 Å². The van der Waals surface area contributed by atoms with Crippen molar-refractivity contribution in [2.75, 3.05) is 0 Å². The maximum Gasteiger partial charge on any atom is 0.418 e. The quantitative estimate of drug-likeness (QED) is 0.367. The van der Waals surface area contributed by atoms with Crippen molar-refractivity contribution in [2.45, 2.75) is 6.18 Å². The van der Waals surface area contributed by atoms with E-state index in [2.05, 4.69) is 27.0 Å². The molecule has 1 aromatic heterocycles. The normalized spacial score (nSPS) is 10.4. The van der Waals surface area contributed by atoms with Crippen molar-refractivity contribution >= 4 is 29.0 Å². The molecule has 0 saturated carbocycles. The summed E-state index contributed by atoms with van der Waals surface area (Å²) in [5, 5.41) is 3.59. The number of hydrogen-bond donors (Lipinski definition) is 0. The first-order valence-corrected chi connectivity index (χ1v) is 4.50. The minimum Gasteiger partial charge on any atom is -0.277 e. The average Bonchev–Trinajstić information content (AvgIpc) is 2.28. The van der Waals surface area contributed by atoms with Gasteiger partial charge in [-0.3, -0.25) is 4.84 Å². The summed E-state index contributed by atoms with van der Waals surface area (Å²) in [6.07, 6.45) is -4.03. The highest BCUT2D eigenvalue weighted by atomic mass is 32.1. The lowest BCUT2D eigenvalue weighted by Gasteiger charge is -2.09. The first-order valence-electron chi connectivity index (χ1n) is 4.09. The molecule has 0 aliphatic rings. The third-order valence-electron chi connectivity index (χ3n) is 1.67. The number of aromatic nitrogens is 1. The molecule has 0 aliphatic heterocycles. The molecule has 0 atom stereocenters. The molecular weight excluding hydrogens is 275 g/mol. The van der Waals surface area contributed by atoms with Crippen LogP contribution in [0.15, 0.2) is 22.6 Å². The summed E-state index contributed by atoms with van der Waals surface area (Å²) in [6.45, 7) is 0. The fourth-order valence-electron chi connectivity index (χ4n) is 1.02. The monoisotopic (exact) mass is 277 g/mol. The molecule has 0 amide bonds. The Morgan fingerprint density at radius 3 is 2.67 bits per heavy atom. The number of aliphatic imine (C=N–C) groups is 1. The van der Waals surface area contributed by atoms with Gasteiger partial charge < -0.3 is 0 Å². The van der Waals surface area contributed by atoms with E-state index in [9.17, 15) is 22.9 Å². The topological polar surface area (TPSA) is 81.0 Å². The Morgan fingerprint density at radius 2 is 2.17 bits per heavy atom. The zero-order valence-corrected chi connectivity index (χ0v) is 9.08. The molecule has 0 bridgehead atoms. The van der Waals surface area contributed by atoms with Crippen LogP contribution in [0.5, 0.6) is 0 Å². The molecule has 0 saturated heterocycles. The number of alkyl halides is 3. The van der Waals surface area contributed by atoms with Crippen LogP contribution in [0.1, 0.15) is 16.1 Å². The van der Waals surface area contributed by atoms with E-state index < -0.39 is 23.4 Å². The third kappa shape index (κ3) is 3.15. The summed E-state index contributed by atoms with van der Waals surface area (Å²) in [4.78, 5) is 30.8. The van der Waals surface area contributed by atoms with E-state index >= 15 is 0 Å². The fourth-order valence-corrected chi connectivity index (χ4v) is 1.13. The van der Waals surface area contributed by atoms with Crippen LogP contribution < -0.4 is 0 Å².